The third-order valence-corrected chi connectivity index (χ3v) is 7.40. The smallest absolute Gasteiger partial charge is 0.227 e. The summed E-state index contributed by atoms with van der Waals surface area (Å²) in [5.41, 5.74) is 6.52. The first-order chi connectivity index (χ1) is 20.3. The Balaban J connectivity index is 1.21. The van der Waals surface area contributed by atoms with Gasteiger partial charge in [-0.2, -0.15) is 0 Å². The number of furan rings is 1. The zero-order chi connectivity index (χ0) is 27.2. The summed E-state index contributed by atoms with van der Waals surface area (Å²) in [6.45, 7) is 0. The van der Waals surface area contributed by atoms with Gasteiger partial charge in [-0.15, -0.1) is 0 Å². The van der Waals surface area contributed by atoms with E-state index in [0.29, 0.717) is 23.2 Å². The van der Waals surface area contributed by atoms with E-state index >= 15 is 0 Å². The predicted octanol–water partition coefficient (Wildman–Crippen LogP) is 8.99. The lowest BCUT2D eigenvalue weighted by Crippen LogP contribution is -2.00. The highest BCUT2D eigenvalue weighted by atomic mass is 16.3. The van der Waals surface area contributed by atoms with E-state index in [9.17, 15) is 0 Å². The SMILES string of the molecule is c1ccc(-c2nc(-c3ccc(-c4ccc5oc6ncccc6c5c4)cc3)nc(-c3ccc4ccccc4c3)n2)cc1. The van der Waals surface area contributed by atoms with Crippen LogP contribution in [0.25, 0.3) is 78.1 Å². The molecule has 0 aliphatic heterocycles. The Morgan fingerprint density at radius 3 is 1.85 bits per heavy atom. The van der Waals surface area contributed by atoms with Crippen LogP contribution in [0.15, 0.2) is 138 Å². The van der Waals surface area contributed by atoms with Crippen LogP contribution in [0.1, 0.15) is 0 Å². The summed E-state index contributed by atoms with van der Waals surface area (Å²) in [5.74, 6) is 1.93. The van der Waals surface area contributed by atoms with Gasteiger partial charge in [0.25, 0.3) is 0 Å². The summed E-state index contributed by atoms with van der Waals surface area (Å²) >= 11 is 0. The Morgan fingerprint density at radius 2 is 1.05 bits per heavy atom. The summed E-state index contributed by atoms with van der Waals surface area (Å²) in [5, 5.41) is 4.40. The summed E-state index contributed by atoms with van der Waals surface area (Å²) < 4.78 is 5.91. The molecule has 0 spiro atoms. The van der Waals surface area contributed by atoms with Gasteiger partial charge >= 0.3 is 0 Å². The fourth-order valence-corrected chi connectivity index (χ4v) is 5.28. The first-order valence-corrected chi connectivity index (χ1v) is 13.5. The van der Waals surface area contributed by atoms with Crippen molar-refractivity contribution in [2.45, 2.75) is 0 Å². The Morgan fingerprint density at radius 1 is 0.415 bits per heavy atom. The van der Waals surface area contributed by atoms with Crippen LogP contribution in [0.2, 0.25) is 0 Å². The maximum absolute atomic E-state index is 5.91. The minimum absolute atomic E-state index is 0.635. The maximum atomic E-state index is 5.91. The van der Waals surface area contributed by atoms with Crippen LogP contribution in [0.4, 0.5) is 0 Å². The van der Waals surface area contributed by atoms with Crippen LogP contribution >= 0.6 is 0 Å². The van der Waals surface area contributed by atoms with Crippen molar-refractivity contribution in [3.8, 4) is 45.3 Å². The minimum Gasteiger partial charge on any atom is -0.438 e. The second-order valence-electron chi connectivity index (χ2n) is 9.98. The highest BCUT2D eigenvalue weighted by Gasteiger charge is 2.14. The number of fused-ring (bicyclic) bond motifs is 4. The van der Waals surface area contributed by atoms with Gasteiger partial charge in [0, 0.05) is 33.7 Å². The molecule has 0 atom stereocenters. The monoisotopic (exact) mass is 526 g/mol. The van der Waals surface area contributed by atoms with E-state index in [2.05, 4.69) is 71.7 Å². The van der Waals surface area contributed by atoms with Crippen molar-refractivity contribution in [1.29, 1.82) is 0 Å². The van der Waals surface area contributed by atoms with E-state index in [1.54, 1.807) is 6.20 Å². The highest BCUT2D eigenvalue weighted by Crippen LogP contribution is 2.33. The molecule has 0 aliphatic carbocycles. The molecule has 0 fully saturated rings. The number of aromatic nitrogens is 4. The molecular weight excluding hydrogens is 504 g/mol. The Bertz CT molecular complexity index is 2200. The first-order valence-electron chi connectivity index (χ1n) is 13.5. The summed E-state index contributed by atoms with van der Waals surface area (Å²) in [4.78, 5) is 19.1. The van der Waals surface area contributed by atoms with Gasteiger partial charge in [0.05, 0.1) is 0 Å². The van der Waals surface area contributed by atoms with Crippen LogP contribution in [0.3, 0.4) is 0 Å². The van der Waals surface area contributed by atoms with E-state index in [4.69, 9.17) is 19.4 Å². The predicted molar refractivity (Wildman–Crippen MR) is 164 cm³/mol. The zero-order valence-electron chi connectivity index (χ0n) is 21.9. The molecule has 5 nitrogen and oxygen atoms in total. The van der Waals surface area contributed by atoms with Crippen LogP contribution in [0.5, 0.6) is 0 Å². The lowest BCUT2D eigenvalue weighted by Gasteiger charge is -2.10. The molecule has 0 saturated heterocycles. The van der Waals surface area contributed by atoms with Crippen molar-refractivity contribution in [1.82, 2.24) is 19.9 Å². The molecule has 192 valence electrons. The van der Waals surface area contributed by atoms with Gasteiger partial charge < -0.3 is 4.42 Å². The van der Waals surface area contributed by atoms with Crippen LogP contribution in [0, 0.1) is 0 Å². The Labute approximate surface area is 235 Å². The fourth-order valence-electron chi connectivity index (χ4n) is 5.28. The molecule has 0 amide bonds. The minimum atomic E-state index is 0.635. The number of pyridine rings is 1. The number of nitrogens with zero attached hydrogens (tertiary/aromatic N) is 4. The van der Waals surface area contributed by atoms with Crippen LogP contribution in [-0.4, -0.2) is 19.9 Å². The number of rotatable bonds is 4. The molecular formula is C36H22N4O. The van der Waals surface area contributed by atoms with Crippen molar-refractivity contribution in [3.05, 3.63) is 134 Å². The molecule has 0 aliphatic rings. The average Bonchev–Trinajstić information content (AvgIpc) is 3.43. The lowest BCUT2D eigenvalue weighted by atomic mass is 10.0. The largest absolute Gasteiger partial charge is 0.438 e. The van der Waals surface area contributed by atoms with Gasteiger partial charge in [-0.05, 0) is 52.2 Å². The van der Waals surface area contributed by atoms with Crippen molar-refractivity contribution < 1.29 is 4.42 Å². The van der Waals surface area contributed by atoms with E-state index in [0.717, 1.165) is 49.6 Å². The van der Waals surface area contributed by atoms with E-state index in [1.807, 2.05) is 60.7 Å². The molecule has 5 aromatic carbocycles. The summed E-state index contributed by atoms with van der Waals surface area (Å²) in [7, 11) is 0. The zero-order valence-corrected chi connectivity index (χ0v) is 21.9. The molecule has 8 rings (SSSR count). The van der Waals surface area contributed by atoms with Gasteiger partial charge in [0.2, 0.25) is 5.71 Å². The van der Waals surface area contributed by atoms with Crippen molar-refractivity contribution in [2.24, 2.45) is 0 Å². The Hall–Kier alpha value is -5.68. The van der Waals surface area contributed by atoms with Crippen molar-refractivity contribution >= 4 is 32.8 Å². The van der Waals surface area contributed by atoms with Gasteiger partial charge in [-0.3, -0.25) is 0 Å². The van der Waals surface area contributed by atoms with Gasteiger partial charge in [0.15, 0.2) is 17.5 Å². The lowest BCUT2D eigenvalue weighted by molar-refractivity contribution is 0.654. The fraction of sp³-hybridized carbons (Fsp3) is 0. The molecule has 0 N–H and O–H groups in total. The molecule has 3 heterocycles. The molecule has 41 heavy (non-hydrogen) atoms. The van der Waals surface area contributed by atoms with Gasteiger partial charge in [-0.1, -0.05) is 97.1 Å². The number of benzene rings is 5. The highest BCUT2D eigenvalue weighted by molar-refractivity contribution is 6.05. The topological polar surface area (TPSA) is 64.7 Å². The molecule has 5 heteroatoms. The molecule has 0 radical (unpaired) electrons. The first kappa shape index (κ1) is 23.2. The maximum Gasteiger partial charge on any atom is 0.227 e. The quantitative estimate of drug-likeness (QED) is 0.229. The average molecular weight is 527 g/mol. The summed E-state index contributed by atoms with van der Waals surface area (Å²) in [6.07, 6.45) is 1.75. The number of hydrogen-bond acceptors (Lipinski definition) is 5. The molecule has 0 saturated carbocycles. The normalized spacial score (nSPS) is 11.4. The molecule has 3 aromatic heterocycles. The van der Waals surface area contributed by atoms with E-state index < -0.39 is 0 Å². The van der Waals surface area contributed by atoms with Gasteiger partial charge in [0.1, 0.15) is 5.58 Å². The molecule has 0 unspecified atom stereocenters. The van der Waals surface area contributed by atoms with Gasteiger partial charge in [-0.25, -0.2) is 19.9 Å². The number of hydrogen-bond donors (Lipinski definition) is 0. The molecule has 8 aromatic rings. The Kier molecular flexibility index (Phi) is 5.38. The second-order valence-corrected chi connectivity index (χ2v) is 9.98. The standard InChI is InChI=1S/C36H22N4O/c1-2-8-25(9-3-1)33-38-34(40-35(39-33)29-17-14-23-7-4-5-10-27(23)21-29)26-15-12-24(13-16-26)28-18-19-32-31(22-28)30-11-6-20-37-36(30)41-32/h1-22H. The van der Waals surface area contributed by atoms with Crippen LogP contribution in [-0.2, 0) is 0 Å². The third kappa shape index (κ3) is 4.21. The van der Waals surface area contributed by atoms with E-state index in [1.165, 1.54) is 5.39 Å². The summed E-state index contributed by atoms with van der Waals surface area (Å²) in [6, 6.07) is 43.3. The van der Waals surface area contributed by atoms with Crippen molar-refractivity contribution in [3.63, 3.8) is 0 Å². The van der Waals surface area contributed by atoms with Crippen molar-refractivity contribution in [2.75, 3.05) is 0 Å². The third-order valence-electron chi connectivity index (χ3n) is 7.40. The van der Waals surface area contributed by atoms with E-state index in [-0.39, 0.29) is 0 Å². The second kappa shape index (κ2) is 9.50. The molecule has 0 bridgehead atoms. The van der Waals surface area contributed by atoms with Crippen LogP contribution < -0.4 is 0 Å².